The third-order valence-corrected chi connectivity index (χ3v) is 3.26. The number of hydrogen-bond donors (Lipinski definition) is 1. The summed E-state index contributed by atoms with van der Waals surface area (Å²) in [4.78, 5) is 4.39. The Hall–Kier alpha value is -2.36. The van der Waals surface area contributed by atoms with Gasteiger partial charge >= 0.3 is 0 Å². The molecule has 0 unspecified atom stereocenters. The van der Waals surface area contributed by atoms with E-state index in [0.29, 0.717) is 12.5 Å². The topological polar surface area (TPSA) is 43.8 Å². The molecule has 3 aromatic rings. The lowest BCUT2D eigenvalue weighted by Gasteiger charge is -2.06. The summed E-state index contributed by atoms with van der Waals surface area (Å²) in [5, 5.41) is 0. The van der Waals surface area contributed by atoms with E-state index in [1.54, 1.807) is 12.1 Å². The minimum absolute atomic E-state index is 0.233. The zero-order valence-corrected chi connectivity index (χ0v) is 10.6. The lowest BCUT2D eigenvalue weighted by molar-refractivity contribution is 0.626. The van der Waals surface area contributed by atoms with Crippen LogP contribution in [0.3, 0.4) is 0 Å². The molecule has 3 rings (SSSR count). The minimum atomic E-state index is -0.233. The summed E-state index contributed by atoms with van der Waals surface area (Å²) in [5.74, 6) is 0.247. The molecule has 0 atom stereocenters. The van der Waals surface area contributed by atoms with Crippen LogP contribution < -0.4 is 5.73 Å². The van der Waals surface area contributed by atoms with Crippen LogP contribution >= 0.6 is 0 Å². The van der Waals surface area contributed by atoms with Gasteiger partial charge in [-0.05, 0) is 36.2 Å². The molecule has 0 bridgehead atoms. The standard InChI is InChI=1S/C15H14FN3/c1-10-3-2-4-13-14(10)18-15(17)19(13)9-11-5-7-12(16)8-6-11/h2-8H,9H2,1H3,(H2,17,18). The molecule has 0 radical (unpaired) electrons. The fraction of sp³-hybridized carbons (Fsp3) is 0.133. The van der Waals surface area contributed by atoms with Crippen molar-refractivity contribution in [1.29, 1.82) is 0 Å². The molecule has 1 aromatic heterocycles. The van der Waals surface area contributed by atoms with Crippen LogP contribution in [0.15, 0.2) is 42.5 Å². The number of nitrogen functional groups attached to an aromatic ring is 1. The number of imidazole rings is 1. The second kappa shape index (κ2) is 4.39. The summed E-state index contributed by atoms with van der Waals surface area (Å²) in [5.41, 5.74) is 9.99. The molecule has 0 aliphatic rings. The number of hydrogen-bond acceptors (Lipinski definition) is 2. The zero-order valence-electron chi connectivity index (χ0n) is 10.6. The molecule has 0 amide bonds. The number of halogens is 1. The molecule has 0 aliphatic carbocycles. The van der Waals surface area contributed by atoms with Crippen LogP contribution in [0.1, 0.15) is 11.1 Å². The fourth-order valence-electron chi connectivity index (χ4n) is 2.24. The maximum absolute atomic E-state index is 12.9. The van der Waals surface area contributed by atoms with Crippen molar-refractivity contribution in [2.45, 2.75) is 13.5 Å². The fourth-order valence-corrected chi connectivity index (χ4v) is 2.24. The lowest BCUT2D eigenvalue weighted by Crippen LogP contribution is -2.04. The van der Waals surface area contributed by atoms with Gasteiger partial charge in [-0.3, -0.25) is 0 Å². The van der Waals surface area contributed by atoms with E-state index in [1.807, 2.05) is 29.7 Å². The molecule has 4 heteroatoms. The summed E-state index contributed by atoms with van der Waals surface area (Å²) >= 11 is 0. The highest BCUT2D eigenvalue weighted by Crippen LogP contribution is 2.22. The van der Waals surface area contributed by atoms with E-state index in [4.69, 9.17) is 5.73 Å². The van der Waals surface area contributed by atoms with Crippen molar-refractivity contribution in [2.24, 2.45) is 0 Å². The largest absolute Gasteiger partial charge is 0.369 e. The number of para-hydroxylation sites is 1. The monoisotopic (exact) mass is 255 g/mol. The van der Waals surface area contributed by atoms with Gasteiger partial charge in [0.1, 0.15) is 5.82 Å². The van der Waals surface area contributed by atoms with Gasteiger partial charge in [-0.25, -0.2) is 9.37 Å². The van der Waals surface area contributed by atoms with Gasteiger partial charge in [0.2, 0.25) is 5.95 Å². The molecular weight excluding hydrogens is 241 g/mol. The van der Waals surface area contributed by atoms with Gasteiger partial charge in [0.25, 0.3) is 0 Å². The average Bonchev–Trinajstić information content (AvgIpc) is 2.71. The Morgan fingerprint density at radius 2 is 1.89 bits per heavy atom. The van der Waals surface area contributed by atoms with Crippen LogP contribution in [0.25, 0.3) is 11.0 Å². The van der Waals surface area contributed by atoms with Crippen molar-refractivity contribution in [3.05, 3.63) is 59.4 Å². The molecule has 2 N–H and O–H groups in total. The van der Waals surface area contributed by atoms with E-state index < -0.39 is 0 Å². The second-order valence-electron chi connectivity index (χ2n) is 4.63. The molecular formula is C15H14FN3. The smallest absolute Gasteiger partial charge is 0.201 e. The van der Waals surface area contributed by atoms with Gasteiger partial charge in [0.05, 0.1) is 17.6 Å². The lowest BCUT2D eigenvalue weighted by atomic mass is 10.2. The highest BCUT2D eigenvalue weighted by atomic mass is 19.1. The first-order valence-corrected chi connectivity index (χ1v) is 6.11. The third kappa shape index (κ3) is 2.05. The number of rotatable bonds is 2. The van der Waals surface area contributed by atoms with E-state index in [0.717, 1.165) is 22.2 Å². The Labute approximate surface area is 110 Å². The quantitative estimate of drug-likeness (QED) is 0.764. The van der Waals surface area contributed by atoms with Crippen LogP contribution in [0.2, 0.25) is 0 Å². The maximum atomic E-state index is 12.9. The van der Waals surface area contributed by atoms with Crippen LogP contribution in [0.5, 0.6) is 0 Å². The molecule has 1 heterocycles. The summed E-state index contributed by atoms with van der Waals surface area (Å²) in [6.45, 7) is 2.60. The third-order valence-electron chi connectivity index (χ3n) is 3.26. The highest BCUT2D eigenvalue weighted by Gasteiger charge is 2.09. The molecule has 2 aromatic carbocycles. The SMILES string of the molecule is Cc1cccc2c1nc(N)n2Cc1ccc(F)cc1. The number of anilines is 1. The van der Waals surface area contributed by atoms with Gasteiger partial charge < -0.3 is 10.3 Å². The van der Waals surface area contributed by atoms with Gasteiger partial charge in [-0.2, -0.15) is 0 Å². The molecule has 0 saturated carbocycles. The van der Waals surface area contributed by atoms with Crippen LogP contribution in [0, 0.1) is 12.7 Å². The number of aromatic nitrogens is 2. The van der Waals surface area contributed by atoms with Crippen molar-refractivity contribution in [3.63, 3.8) is 0 Å². The summed E-state index contributed by atoms with van der Waals surface area (Å²) < 4.78 is 14.8. The Bertz CT molecular complexity index is 729. The van der Waals surface area contributed by atoms with Gasteiger partial charge in [-0.15, -0.1) is 0 Å². The minimum Gasteiger partial charge on any atom is -0.369 e. The van der Waals surface area contributed by atoms with Crippen molar-refractivity contribution in [1.82, 2.24) is 9.55 Å². The van der Waals surface area contributed by atoms with Crippen LogP contribution in [-0.4, -0.2) is 9.55 Å². The normalized spacial score (nSPS) is 11.1. The molecule has 96 valence electrons. The van der Waals surface area contributed by atoms with E-state index in [2.05, 4.69) is 4.98 Å². The predicted molar refractivity (Wildman–Crippen MR) is 74.4 cm³/mol. The second-order valence-corrected chi connectivity index (χ2v) is 4.63. The maximum Gasteiger partial charge on any atom is 0.201 e. The van der Waals surface area contributed by atoms with E-state index >= 15 is 0 Å². The Kier molecular flexibility index (Phi) is 2.71. The number of aryl methyl sites for hydroxylation is 1. The number of nitrogens with two attached hydrogens (primary N) is 1. The van der Waals surface area contributed by atoms with E-state index in [-0.39, 0.29) is 5.82 Å². The summed E-state index contributed by atoms with van der Waals surface area (Å²) in [6.07, 6.45) is 0. The predicted octanol–water partition coefficient (Wildman–Crippen LogP) is 3.11. The molecule has 0 aliphatic heterocycles. The first kappa shape index (κ1) is 11.7. The van der Waals surface area contributed by atoms with Gasteiger partial charge in [0.15, 0.2) is 0 Å². The number of benzene rings is 2. The highest BCUT2D eigenvalue weighted by molar-refractivity contribution is 5.81. The van der Waals surface area contributed by atoms with Crippen LogP contribution in [-0.2, 0) is 6.54 Å². The molecule has 0 spiro atoms. The number of fused-ring (bicyclic) bond motifs is 1. The van der Waals surface area contributed by atoms with E-state index in [1.165, 1.54) is 12.1 Å². The van der Waals surface area contributed by atoms with Crippen molar-refractivity contribution < 1.29 is 4.39 Å². The van der Waals surface area contributed by atoms with Crippen molar-refractivity contribution in [2.75, 3.05) is 5.73 Å². The Morgan fingerprint density at radius 1 is 1.16 bits per heavy atom. The Morgan fingerprint density at radius 3 is 2.63 bits per heavy atom. The van der Waals surface area contributed by atoms with Gasteiger partial charge in [0, 0.05) is 0 Å². The zero-order chi connectivity index (χ0) is 13.4. The molecule has 19 heavy (non-hydrogen) atoms. The van der Waals surface area contributed by atoms with Crippen molar-refractivity contribution >= 4 is 17.0 Å². The van der Waals surface area contributed by atoms with Gasteiger partial charge in [-0.1, -0.05) is 24.3 Å². The summed E-state index contributed by atoms with van der Waals surface area (Å²) in [6, 6.07) is 12.4. The first-order valence-electron chi connectivity index (χ1n) is 6.11. The molecule has 0 saturated heterocycles. The average molecular weight is 255 g/mol. The van der Waals surface area contributed by atoms with Crippen molar-refractivity contribution in [3.8, 4) is 0 Å². The molecule has 3 nitrogen and oxygen atoms in total. The Balaban J connectivity index is 2.07. The number of nitrogens with zero attached hydrogens (tertiary/aromatic N) is 2. The van der Waals surface area contributed by atoms with E-state index in [9.17, 15) is 4.39 Å². The molecule has 0 fully saturated rings. The van der Waals surface area contributed by atoms with Crippen LogP contribution in [0.4, 0.5) is 10.3 Å². The first-order chi connectivity index (χ1) is 9.15. The summed E-state index contributed by atoms with van der Waals surface area (Å²) in [7, 11) is 0.